The second-order valence-corrected chi connectivity index (χ2v) is 5.91. The SMILES string of the molecule is CC(=NNC(=O)COc1ccc(Br)c(C)c1)c1cccc(N)c1. The van der Waals surface area contributed by atoms with Crippen molar-refractivity contribution >= 4 is 33.2 Å². The average molecular weight is 376 g/mol. The number of hydrogen-bond donors (Lipinski definition) is 2. The fourth-order valence-electron chi connectivity index (χ4n) is 1.86. The summed E-state index contributed by atoms with van der Waals surface area (Å²) in [5, 5.41) is 4.05. The normalized spacial score (nSPS) is 11.2. The topological polar surface area (TPSA) is 76.7 Å². The van der Waals surface area contributed by atoms with Gasteiger partial charge in [0.05, 0.1) is 5.71 Å². The van der Waals surface area contributed by atoms with Gasteiger partial charge in [-0.1, -0.05) is 28.1 Å². The van der Waals surface area contributed by atoms with Gasteiger partial charge in [0.25, 0.3) is 5.91 Å². The molecular weight excluding hydrogens is 358 g/mol. The number of ether oxygens (including phenoxy) is 1. The maximum absolute atomic E-state index is 11.8. The lowest BCUT2D eigenvalue weighted by molar-refractivity contribution is -0.123. The van der Waals surface area contributed by atoms with Crippen molar-refractivity contribution in [1.29, 1.82) is 0 Å². The Morgan fingerprint density at radius 2 is 2.09 bits per heavy atom. The van der Waals surface area contributed by atoms with Crippen LogP contribution in [-0.4, -0.2) is 18.2 Å². The summed E-state index contributed by atoms with van der Waals surface area (Å²) in [7, 11) is 0. The summed E-state index contributed by atoms with van der Waals surface area (Å²) in [6, 6.07) is 12.8. The summed E-state index contributed by atoms with van der Waals surface area (Å²) in [6.45, 7) is 3.65. The van der Waals surface area contributed by atoms with Gasteiger partial charge in [0.1, 0.15) is 5.75 Å². The van der Waals surface area contributed by atoms with E-state index in [0.717, 1.165) is 15.6 Å². The minimum Gasteiger partial charge on any atom is -0.484 e. The Bertz CT molecular complexity index is 744. The Labute approximate surface area is 143 Å². The molecule has 1 amide bonds. The molecule has 0 aromatic heterocycles. The van der Waals surface area contributed by atoms with Crippen molar-refractivity contribution in [3.05, 3.63) is 58.1 Å². The predicted octanol–water partition coefficient (Wildman–Crippen LogP) is 3.26. The summed E-state index contributed by atoms with van der Waals surface area (Å²) in [5.41, 5.74) is 11.4. The third-order valence-corrected chi connectivity index (χ3v) is 4.04. The zero-order chi connectivity index (χ0) is 16.8. The van der Waals surface area contributed by atoms with E-state index in [1.165, 1.54) is 0 Å². The number of nitrogens with two attached hydrogens (primary N) is 1. The van der Waals surface area contributed by atoms with Crippen LogP contribution in [0.3, 0.4) is 0 Å². The van der Waals surface area contributed by atoms with E-state index < -0.39 is 0 Å². The molecule has 5 nitrogen and oxygen atoms in total. The summed E-state index contributed by atoms with van der Waals surface area (Å²) in [6.07, 6.45) is 0. The molecule has 0 radical (unpaired) electrons. The minimum absolute atomic E-state index is 0.102. The van der Waals surface area contributed by atoms with Crippen LogP contribution >= 0.6 is 15.9 Å². The third kappa shape index (κ3) is 5.10. The lowest BCUT2D eigenvalue weighted by Gasteiger charge is -2.07. The number of aryl methyl sites for hydroxylation is 1. The second kappa shape index (κ2) is 7.78. The molecule has 0 spiro atoms. The van der Waals surface area contributed by atoms with Gasteiger partial charge in [-0.15, -0.1) is 0 Å². The smallest absolute Gasteiger partial charge is 0.277 e. The molecule has 0 atom stereocenters. The van der Waals surface area contributed by atoms with E-state index in [0.29, 0.717) is 17.1 Å². The first-order valence-corrected chi connectivity index (χ1v) is 7.83. The number of rotatable bonds is 5. The molecule has 23 heavy (non-hydrogen) atoms. The van der Waals surface area contributed by atoms with Crippen molar-refractivity contribution in [2.75, 3.05) is 12.3 Å². The fraction of sp³-hybridized carbons (Fsp3) is 0.176. The summed E-state index contributed by atoms with van der Waals surface area (Å²) < 4.78 is 6.44. The van der Waals surface area contributed by atoms with Crippen LogP contribution in [-0.2, 0) is 4.79 Å². The number of benzene rings is 2. The van der Waals surface area contributed by atoms with Gasteiger partial charge in [0, 0.05) is 10.2 Å². The monoisotopic (exact) mass is 375 g/mol. The van der Waals surface area contributed by atoms with E-state index in [1.807, 2.05) is 31.2 Å². The molecule has 0 aliphatic heterocycles. The number of hydrazone groups is 1. The van der Waals surface area contributed by atoms with E-state index >= 15 is 0 Å². The van der Waals surface area contributed by atoms with Crippen LogP contribution in [0.15, 0.2) is 52.0 Å². The number of carbonyl (C=O) groups is 1. The Balaban J connectivity index is 1.89. The summed E-state index contributed by atoms with van der Waals surface area (Å²) >= 11 is 3.42. The molecule has 0 bridgehead atoms. The van der Waals surface area contributed by atoms with Gasteiger partial charge in [-0.2, -0.15) is 5.10 Å². The van der Waals surface area contributed by atoms with Gasteiger partial charge >= 0.3 is 0 Å². The van der Waals surface area contributed by atoms with Crippen molar-refractivity contribution in [3.8, 4) is 5.75 Å². The van der Waals surface area contributed by atoms with Crippen molar-refractivity contribution in [2.24, 2.45) is 5.10 Å². The highest BCUT2D eigenvalue weighted by atomic mass is 79.9. The Kier molecular flexibility index (Phi) is 5.76. The maximum atomic E-state index is 11.8. The van der Waals surface area contributed by atoms with E-state index in [1.54, 1.807) is 25.1 Å². The fourth-order valence-corrected chi connectivity index (χ4v) is 2.11. The summed E-state index contributed by atoms with van der Waals surface area (Å²) in [4.78, 5) is 11.8. The van der Waals surface area contributed by atoms with E-state index in [-0.39, 0.29) is 12.5 Å². The highest BCUT2D eigenvalue weighted by Crippen LogP contribution is 2.21. The van der Waals surface area contributed by atoms with E-state index in [4.69, 9.17) is 10.5 Å². The lowest BCUT2D eigenvalue weighted by atomic mass is 10.1. The molecule has 0 saturated heterocycles. The molecule has 2 rings (SSSR count). The largest absolute Gasteiger partial charge is 0.484 e. The standard InChI is InChI=1S/C17H18BrN3O2/c1-11-8-15(6-7-16(11)18)23-10-17(22)21-20-12(2)13-4-3-5-14(19)9-13/h3-9H,10,19H2,1-2H3,(H,21,22). The van der Waals surface area contributed by atoms with Crippen molar-refractivity contribution in [1.82, 2.24) is 5.43 Å². The molecule has 6 heteroatoms. The maximum Gasteiger partial charge on any atom is 0.277 e. The number of halogens is 1. The zero-order valence-electron chi connectivity index (χ0n) is 13.0. The average Bonchev–Trinajstić information content (AvgIpc) is 2.53. The third-order valence-electron chi connectivity index (χ3n) is 3.15. The van der Waals surface area contributed by atoms with Crippen molar-refractivity contribution < 1.29 is 9.53 Å². The van der Waals surface area contributed by atoms with Gasteiger partial charge in [0.2, 0.25) is 0 Å². The van der Waals surface area contributed by atoms with Crippen LogP contribution in [0.25, 0.3) is 0 Å². The number of amides is 1. The first kappa shape index (κ1) is 17.0. The number of anilines is 1. The number of nitrogens with one attached hydrogen (secondary N) is 1. The molecule has 0 unspecified atom stereocenters. The molecule has 0 heterocycles. The first-order valence-electron chi connectivity index (χ1n) is 7.03. The highest BCUT2D eigenvalue weighted by Gasteiger charge is 2.04. The number of nitrogen functional groups attached to an aromatic ring is 1. The first-order chi connectivity index (χ1) is 11.0. The second-order valence-electron chi connectivity index (χ2n) is 5.06. The minimum atomic E-state index is -0.325. The van der Waals surface area contributed by atoms with E-state index in [2.05, 4.69) is 26.5 Å². The van der Waals surface area contributed by atoms with Crippen molar-refractivity contribution in [3.63, 3.8) is 0 Å². The van der Waals surface area contributed by atoms with Crippen LogP contribution in [0, 0.1) is 6.92 Å². The lowest BCUT2D eigenvalue weighted by Crippen LogP contribution is -2.25. The zero-order valence-corrected chi connectivity index (χ0v) is 14.6. The molecule has 0 aliphatic rings. The van der Waals surface area contributed by atoms with Gasteiger partial charge in [-0.3, -0.25) is 4.79 Å². The van der Waals surface area contributed by atoms with Crippen LogP contribution in [0.2, 0.25) is 0 Å². The number of hydrogen-bond acceptors (Lipinski definition) is 4. The predicted molar refractivity (Wildman–Crippen MR) is 95.6 cm³/mol. The number of nitrogens with zero attached hydrogens (tertiary/aromatic N) is 1. The van der Waals surface area contributed by atoms with Crippen LogP contribution in [0.5, 0.6) is 5.75 Å². The molecule has 0 aliphatic carbocycles. The van der Waals surface area contributed by atoms with Gasteiger partial charge in [-0.25, -0.2) is 5.43 Å². The molecule has 3 N–H and O–H groups in total. The van der Waals surface area contributed by atoms with Crippen LogP contribution in [0.1, 0.15) is 18.1 Å². The molecule has 2 aromatic rings. The Morgan fingerprint density at radius 1 is 1.30 bits per heavy atom. The number of carbonyl (C=O) groups excluding carboxylic acids is 1. The molecule has 120 valence electrons. The van der Waals surface area contributed by atoms with Gasteiger partial charge in [0.15, 0.2) is 6.61 Å². The van der Waals surface area contributed by atoms with Crippen LogP contribution in [0.4, 0.5) is 5.69 Å². The molecular formula is C17H18BrN3O2. The quantitative estimate of drug-likeness (QED) is 0.478. The van der Waals surface area contributed by atoms with Crippen LogP contribution < -0.4 is 15.9 Å². The van der Waals surface area contributed by atoms with Gasteiger partial charge < -0.3 is 10.5 Å². The van der Waals surface area contributed by atoms with Crippen molar-refractivity contribution in [2.45, 2.75) is 13.8 Å². The molecule has 2 aromatic carbocycles. The summed E-state index contributed by atoms with van der Waals surface area (Å²) in [5.74, 6) is 0.311. The Morgan fingerprint density at radius 3 is 2.78 bits per heavy atom. The molecule has 0 fully saturated rings. The van der Waals surface area contributed by atoms with E-state index in [9.17, 15) is 4.79 Å². The highest BCUT2D eigenvalue weighted by molar-refractivity contribution is 9.10. The Hall–Kier alpha value is -2.34. The van der Waals surface area contributed by atoms with Gasteiger partial charge in [-0.05, 0) is 55.3 Å². The molecule has 0 saturated carbocycles.